The molecule has 0 amide bonds. The van der Waals surface area contributed by atoms with E-state index < -0.39 is 0 Å². The standard InChI is InChI=1S/C19H13BrCl2FNO2/c20-18-17(26-11-13-4-5-15(21)16(22)9-13)6-7-24(19(18)25)10-12-2-1-3-14(23)8-12/h1-9H,10-11H2. The van der Waals surface area contributed by atoms with Crippen LogP contribution in [0.3, 0.4) is 0 Å². The van der Waals surface area contributed by atoms with Crippen LogP contribution < -0.4 is 10.3 Å². The maximum Gasteiger partial charge on any atom is 0.268 e. The van der Waals surface area contributed by atoms with Gasteiger partial charge in [-0.3, -0.25) is 4.79 Å². The fraction of sp³-hybridized carbons (Fsp3) is 0.105. The monoisotopic (exact) mass is 455 g/mol. The first-order valence-corrected chi connectivity index (χ1v) is 9.19. The summed E-state index contributed by atoms with van der Waals surface area (Å²) in [7, 11) is 0. The zero-order chi connectivity index (χ0) is 18.7. The third-order valence-electron chi connectivity index (χ3n) is 3.69. The Hall–Kier alpha value is -1.82. The number of hydrogen-bond acceptors (Lipinski definition) is 2. The van der Waals surface area contributed by atoms with Crippen molar-refractivity contribution in [3.05, 3.63) is 96.5 Å². The summed E-state index contributed by atoms with van der Waals surface area (Å²) in [5.41, 5.74) is 1.26. The maximum absolute atomic E-state index is 13.3. The van der Waals surface area contributed by atoms with Crippen LogP contribution in [0.1, 0.15) is 11.1 Å². The van der Waals surface area contributed by atoms with Crippen molar-refractivity contribution in [2.45, 2.75) is 13.2 Å². The molecule has 0 aliphatic rings. The van der Waals surface area contributed by atoms with Gasteiger partial charge < -0.3 is 9.30 Å². The third kappa shape index (κ3) is 4.47. The Kier molecular flexibility index (Phi) is 6.01. The predicted molar refractivity (Wildman–Crippen MR) is 105 cm³/mol. The van der Waals surface area contributed by atoms with E-state index in [0.29, 0.717) is 25.8 Å². The Labute approximate surface area is 168 Å². The van der Waals surface area contributed by atoms with Crippen LogP contribution in [0.25, 0.3) is 0 Å². The Balaban J connectivity index is 1.76. The fourth-order valence-electron chi connectivity index (χ4n) is 2.39. The molecule has 0 aliphatic carbocycles. The lowest BCUT2D eigenvalue weighted by Gasteiger charge is -2.12. The number of hydrogen-bond donors (Lipinski definition) is 0. The summed E-state index contributed by atoms with van der Waals surface area (Å²) in [4.78, 5) is 12.5. The highest BCUT2D eigenvalue weighted by Crippen LogP contribution is 2.25. The highest BCUT2D eigenvalue weighted by Gasteiger charge is 2.10. The van der Waals surface area contributed by atoms with Crippen LogP contribution in [-0.4, -0.2) is 4.57 Å². The molecule has 3 aromatic rings. The number of benzene rings is 2. The van der Waals surface area contributed by atoms with Crippen molar-refractivity contribution in [3.8, 4) is 5.75 Å². The van der Waals surface area contributed by atoms with Crippen molar-refractivity contribution >= 4 is 39.1 Å². The molecule has 0 radical (unpaired) electrons. The summed E-state index contributed by atoms with van der Waals surface area (Å²) in [6, 6.07) is 13.0. The van der Waals surface area contributed by atoms with Crippen LogP contribution in [-0.2, 0) is 13.2 Å². The maximum atomic E-state index is 13.3. The zero-order valence-electron chi connectivity index (χ0n) is 13.4. The average molecular weight is 457 g/mol. The van der Waals surface area contributed by atoms with Gasteiger partial charge in [-0.2, -0.15) is 0 Å². The highest BCUT2D eigenvalue weighted by atomic mass is 79.9. The molecule has 0 saturated heterocycles. The molecule has 0 aliphatic heterocycles. The summed E-state index contributed by atoms with van der Waals surface area (Å²) < 4.78 is 20.8. The van der Waals surface area contributed by atoms with Gasteiger partial charge in [-0.1, -0.05) is 41.4 Å². The smallest absolute Gasteiger partial charge is 0.268 e. The number of nitrogens with zero attached hydrogens (tertiary/aromatic N) is 1. The summed E-state index contributed by atoms with van der Waals surface area (Å²) in [6.45, 7) is 0.505. The van der Waals surface area contributed by atoms with Gasteiger partial charge in [0.1, 0.15) is 22.6 Å². The van der Waals surface area contributed by atoms with Gasteiger partial charge in [-0.15, -0.1) is 0 Å². The molecular weight excluding hydrogens is 444 g/mol. The number of ether oxygens (including phenoxy) is 1. The van der Waals surface area contributed by atoms with Crippen LogP contribution >= 0.6 is 39.1 Å². The van der Waals surface area contributed by atoms with Gasteiger partial charge in [-0.25, -0.2) is 4.39 Å². The number of pyridine rings is 1. The molecular formula is C19H13BrCl2FNO2. The van der Waals surface area contributed by atoms with Crippen molar-refractivity contribution in [1.82, 2.24) is 4.57 Å². The number of halogens is 4. The number of rotatable bonds is 5. The topological polar surface area (TPSA) is 31.2 Å². The Morgan fingerprint density at radius 1 is 1.04 bits per heavy atom. The van der Waals surface area contributed by atoms with Crippen LogP contribution in [0.2, 0.25) is 10.0 Å². The molecule has 1 heterocycles. The van der Waals surface area contributed by atoms with Gasteiger partial charge in [0, 0.05) is 6.20 Å². The Morgan fingerprint density at radius 3 is 2.58 bits per heavy atom. The quantitative estimate of drug-likeness (QED) is 0.494. The van der Waals surface area contributed by atoms with Crippen LogP contribution in [0, 0.1) is 5.82 Å². The van der Waals surface area contributed by atoms with E-state index in [1.807, 2.05) is 0 Å². The minimum absolute atomic E-state index is 0.239. The second-order valence-electron chi connectivity index (χ2n) is 5.59. The van der Waals surface area contributed by atoms with Crippen LogP contribution in [0.5, 0.6) is 5.75 Å². The molecule has 7 heteroatoms. The molecule has 3 nitrogen and oxygen atoms in total. The van der Waals surface area contributed by atoms with Crippen molar-refractivity contribution < 1.29 is 9.13 Å². The third-order valence-corrected chi connectivity index (χ3v) is 5.16. The molecule has 1 aromatic heterocycles. The van der Waals surface area contributed by atoms with Crippen molar-refractivity contribution in [3.63, 3.8) is 0 Å². The summed E-state index contributed by atoms with van der Waals surface area (Å²) in [6.07, 6.45) is 1.61. The van der Waals surface area contributed by atoms with Gasteiger partial charge in [-0.05, 0) is 57.4 Å². The molecule has 26 heavy (non-hydrogen) atoms. The van der Waals surface area contributed by atoms with E-state index in [1.54, 1.807) is 42.6 Å². The van der Waals surface area contributed by atoms with E-state index in [-0.39, 0.29) is 24.5 Å². The first-order valence-electron chi connectivity index (χ1n) is 7.64. The largest absolute Gasteiger partial charge is 0.487 e. The summed E-state index contributed by atoms with van der Waals surface area (Å²) in [5, 5.41) is 0.911. The highest BCUT2D eigenvalue weighted by molar-refractivity contribution is 9.10. The van der Waals surface area contributed by atoms with E-state index in [0.717, 1.165) is 5.56 Å². The van der Waals surface area contributed by atoms with E-state index in [1.165, 1.54) is 16.7 Å². The molecule has 3 rings (SSSR count). The van der Waals surface area contributed by atoms with Gasteiger partial charge in [0.15, 0.2) is 0 Å². The molecule has 0 saturated carbocycles. The van der Waals surface area contributed by atoms with E-state index in [4.69, 9.17) is 27.9 Å². The zero-order valence-corrected chi connectivity index (χ0v) is 16.5. The molecule has 0 fully saturated rings. The predicted octanol–water partition coefficient (Wildman–Crippen LogP) is 5.68. The van der Waals surface area contributed by atoms with Crippen molar-refractivity contribution in [2.24, 2.45) is 0 Å². The minimum atomic E-state index is -0.337. The molecule has 2 aromatic carbocycles. The summed E-state index contributed by atoms with van der Waals surface area (Å²) in [5.74, 6) is 0.0766. The van der Waals surface area contributed by atoms with E-state index in [2.05, 4.69) is 15.9 Å². The first-order chi connectivity index (χ1) is 12.4. The molecule has 0 atom stereocenters. The molecule has 0 unspecified atom stereocenters. The van der Waals surface area contributed by atoms with Crippen LogP contribution in [0.15, 0.2) is 64.0 Å². The molecule has 134 valence electrons. The molecule has 0 N–H and O–H groups in total. The fourth-order valence-corrected chi connectivity index (χ4v) is 3.18. The lowest BCUT2D eigenvalue weighted by atomic mass is 10.2. The molecule has 0 bridgehead atoms. The lowest BCUT2D eigenvalue weighted by molar-refractivity contribution is 0.302. The van der Waals surface area contributed by atoms with Gasteiger partial charge in [0.2, 0.25) is 0 Å². The Bertz CT molecular complexity index is 1010. The Morgan fingerprint density at radius 2 is 1.85 bits per heavy atom. The molecule has 0 spiro atoms. The average Bonchev–Trinajstić information content (AvgIpc) is 2.61. The van der Waals surface area contributed by atoms with Crippen LogP contribution in [0.4, 0.5) is 4.39 Å². The second-order valence-corrected chi connectivity index (χ2v) is 7.20. The van der Waals surface area contributed by atoms with E-state index >= 15 is 0 Å². The summed E-state index contributed by atoms with van der Waals surface area (Å²) >= 11 is 15.2. The van der Waals surface area contributed by atoms with Gasteiger partial charge in [0.25, 0.3) is 5.56 Å². The van der Waals surface area contributed by atoms with Gasteiger partial charge >= 0.3 is 0 Å². The number of aromatic nitrogens is 1. The van der Waals surface area contributed by atoms with Crippen molar-refractivity contribution in [1.29, 1.82) is 0 Å². The SMILES string of the molecule is O=c1c(Br)c(OCc2ccc(Cl)c(Cl)c2)ccn1Cc1cccc(F)c1. The minimum Gasteiger partial charge on any atom is -0.487 e. The van der Waals surface area contributed by atoms with Gasteiger partial charge in [0.05, 0.1) is 16.6 Å². The normalized spacial score (nSPS) is 10.8. The van der Waals surface area contributed by atoms with E-state index in [9.17, 15) is 9.18 Å². The van der Waals surface area contributed by atoms with Crippen molar-refractivity contribution in [2.75, 3.05) is 0 Å². The second kappa shape index (κ2) is 8.25. The first kappa shape index (κ1) is 19.0. The lowest BCUT2D eigenvalue weighted by Crippen LogP contribution is -2.21.